The summed E-state index contributed by atoms with van der Waals surface area (Å²) >= 11 is 0. The molecule has 0 aromatic rings. The van der Waals surface area contributed by atoms with Crippen LogP contribution < -0.4 is 16.4 Å². The van der Waals surface area contributed by atoms with Gasteiger partial charge in [0.1, 0.15) is 6.04 Å². The Morgan fingerprint density at radius 2 is 1.76 bits per heavy atom. The molecule has 0 saturated heterocycles. The van der Waals surface area contributed by atoms with Crippen LogP contribution in [0.3, 0.4) is 0 Å². The van der Waals surface area contributed by atoms with Gasteiger partial charge in [0.2, 0.25) is 11.8 Å². The Morgan fingerprint density at radius 1 is 1.18 bits per heavy atom. The van der Waals surface area contributed by atoms with Crippen molar-refractivity contribution in [3.05, 3.63) is 0 Å². The van der Waals surface area contributed by atoms with Crippen molar-refractivity contribution in [2.24, 2.45) is 11.7 Å². The molecule has 17 heavy (non-hydrogen) atoms. The molecule has 0 spiro atoms. The molecule has 0 heterocycles. The number of hydrogen-bond donors (Lipinski definition) is 3. The third-order valence-corrected chi connectivity index (χ3v) is 2.36. The van der Waals surface area contributed by atoms with E-state index in [1.165, 1.54) is 0 Å². The van der Waals surface area contributed by atoms with Gasteiger partial charge in [-0.2, -0.15) is 0 Å². The number of amides is 2. The monoisotopic (exact) mass is 243 g/mol. The van der Waals surface area contributed by atoms with Gasteiger partial charge in [-0.25, -0.2) is 0 Å². The third kappa shape index (κ3) is 6.94. The van der Waals surface area contributed by atoms with E-state index in [-0.39, 0.29) is 11.8 Å². The van der Waals surface area contributed by atoms with Crippen LogP contribution in [0, 0.1) is 5.92 Å². The lowest BCUT2D eigenvalue weighted by Gasteiger charge is -2.18. The Kier molecular flexibility index (Phi) is 7.54. The minimum absolute atomic E-state index is 0.169. The summed E-state index contributed by atoms with van der Waals surface area (Å²) in [6, 6.07) is -1.08. The lowest BCUT2D eigenvalue weighted by Crippen LogP contribution is -2.50. The average Bonchev–Trinajstić information content (AvgIpc) is 2.24. The highest BCUT2D eigenvalue weighted by molar-refractivity contribution is 5.89. The van der Waals surface area contributed by atoms with E-state index in [4.69, 9.17) is 5.73 Å². The second kappa shape index (κ2) is 8.06. The quantitative estimate of drug-likeness (QED) is 0.605. The molecule has 0 fully saturated rings. The van der Waals surface area contributed by atoms with Gasteiger partial charge in [0.15, 0.2) is 0 Å². The van der Waals surface area contributed by atoms with Crippen molar-refractivity contribution in [2.75, 3.05) is 6.54 Å². The number of carbonyl (C=O) groups excluding carboxylic acids is 2. The van der Waals surface area contributed by atoms with Crippen LogP contribution in [-0.2, 0) is 9.59 Å². The highest BCUT2D eigenvalue weighted by atomic mass is 16.2. The maximum atomic E-state index is 11.7. The molecule has 0 aliphatic heterocycles. The van der Waals surface area contributed by atoms with Crippen molar-refractivity contribution in [1.29, 1.82) is 0 Å². The molecule has 0 radical (unpaired) electrons. The molecule has 2 unspecified atom stereocenters. The third-order valence-electron chi connectivity index (χ3n) is 2.36. The van der Waals surface area contributed by atoms with Crippen LogP contribution in [0.1, 0.15) is 40.5 Å². The van der Waals surface area contributed by atoms with Gasteiger partial charge in [-0.15, -0.1) is 0 Å². The van der Waals surface area contributed by atoms with Crippen molar-refractivity contribution in [3.8, 4) is 0 Å². The zero-order chi connectivity index (χ0) is 13.4. The highest BCUT2D eigenvalue weighted by Gasteiger charge is 2.20. The van der Waals surface area contributed by atoms with E-state index < -0.39 is 12.1 Å². The fourth-order valence-corrected chi connectivity index (χ4v) is 1.40. The molecular weight excluding hydrogens is 218 g/mol. The van der Waals surface area contributed by atoms with Crippen LogP contribution in [0.25, 0.3) is 0 Å². The number of carbonyl (C=O) groups is 2. The zero-order valence-electron chi connectivity index (χ0n) is 11.2. The van der Waals surface area contributed by atoms with Crippen LogP contribution in [0.5, 0.6) is 0 Å². The lowest BCUT2D eigenvalue weighted by molar-refractivity contribution is -0.129. The Morgan fingerprint density at radius 3 is 2.24 bits per heavy atom. The number of rotatable bonds is 7. The number of hydrogen-bond acceptors (Lipinski definition) is 3. The van der Waals surface area contributed by atoms with E-state index in [9.17, 15) is 9.59 Å². The lowest BCUT2D eigenvalue weighted by atomic mass is 10.0. The summed E-state index contributed by atoms with van der Waals surface area (Å²) in [6.45, 7) is 8.26. The van der Waals surface area contributed by atoms with Crippen molar-refractivity contribution < 1.29 is 9.59 Å². The summed E-state index contributed by atoms with van der Waals surface area (Å²) in [5.41, 5.74) is 5.72. The molecular formula is C12H25N3O2. The average molecular weight is 243 g/mol. The van der Waals surface area contributed by atoms with Crippen LogP contribution in [0.2, 0.25) is 0 Å². The molecule has 0 aliphatic rings. The van der Waals surface area contributed by atoms with Gasteiger partial charge >= 0.3 is 0 Å². The predicted molar refractivity (Wildman–Crippen MR) is 68.3 cm³/mol. The smallest absolute Gasteiger partial charge is 0.242 e. The van der Waals surface area contributed by atoms with Gasteiger partial charge in [0.05, 0.1) is 6.04 Å². The van der Waals surface area contributed by atoms with Gasteiger partial charge in [0.25, 0.3) is 0 Å². The fourth-order valence-electron chi connectivity index (χ4n) is 1.40. The maximum absolute atomic E-state index is 11.7. The molecule has 0 saturated carbocycles. The minimum Gasteiger partial charge on any atom is -0.354 e. The highest BCUT2D eigenvalue weighted by Crippen LogP contribution is 2.02. The second-order valence-electron chi connectivity index (χ2n) is 4.76. The Labute approximate surface area is 104 Å². The van der Waals surface area contributed by atoms with Gasteiger partial charge < -0.3 is 16.4 Å². The molecule has 0 bridgehead atoms. The van der Waals surface area contributed by atoms with E-state index in [0.717, 1.165) is 6.42 Å². The van der Waals surface area contributed by atoms with Gasteiger partial charge in [-0.1, -0.05) is 20.8 Å². The van der Waals surface area contributed by atoms with E-state index in [2.05, 4.69) is 10.6 Å². The van der Waals surface area contributed by atoms with Crippen LogP contribution >= 0.6 is 0 Å². The molecule has 0 aliphatic carbocycles. The van der Waals surface area contributed by atoms with Crippen molar-refractivity contribution in [1.82, 2.24) is 10.6 Å². The van der Waals surface area contributed by atoms with Crippen molar-refractivity contribution in [2.45, 2.75) is 52.6 Å². The molecule has 2 amide bonds. The Balaban J connectivity index is 4.05. The van der Waals surface area contributed by atoms with Gasteiger partial charge in [-0.05, 0) is 25.7 Å². The maximum Gasteiger partial charge on any atom is 0.242 e. The summed E-state index contributed by atoms with van der Waals surface area (Å²) in [4.78, 5) is 23.2. The van der Waals surface area contributed by atoms with E-state index >= 15 is 0 Å². The van der Waals surface area contributed by atoms with Gasteiger partial charge in [0, 0.05) is 6.54 Å². The summed E-state index contributed by atoms with van der Waals surface area (Å²) in [7, 11) is 0. The first-order valence-corrected chi connectivity index (χ1v) is 6.22. The summed E-state index contributed by atoms with van der Waals surface area (Å²) in [5, 5.41) is 5.34. The fraction of sp³-hybridized carbons (Fsp3) is 0.833. The molecule has 0 rings (SSSR count). The first-order chi connectivity index (χ1) is 7.88. The van der Waals surface area contributed by atoms with Crippen LogP contribution in [0.4, 0.5) is 0 Å². The second-order valence-corrected chi connectivity index (χ2v) is 4.76. The normalized spacial score (nSPS) is 14.2. The summed E-state index contributed by atoms with van der Waals surface area (Å²) in [5.74, 6) is -0.0743. The first kappa shape index (κ1) is 15.9. The summed E-state index contributed by atoms with van der Waals surface area (Å²) < 4.78 is 0. The van der Waals surface area contributed by atoms with E-state index in [1.807, 2.05) is 20.8 Å². The largest absolute Gasteiger partial charge is 0.354 e. The zero-order valence-corrected chi connectivity index (χ0v) is 11.2. The van der Waals surface area contributed by atoms with Crippen molar-refractivity contribution in [3.63, 3.8) is 0 Å². The van der Waals surface area contributed by atoms with Crippen LogP contribution in [0.15, 0.2) is 0 Å². The molecule has 2 atom stereocenters. The Hall–Kier alpha value is -1.10. The molecule has 5 nitrogen and oxygen atoms in total. The van der Waals surface area contributed by atoms with E-state index in [1.54, 1.807) is 6.92 Å². The molecule has 5 heteroatoms. The predicted octanol–water partition coefficient (Wildman–Crippen LogP) is 0.391. The summed E-state index contributed by atoms with van der Waals surface area (Å²) in [6.07, 6.45) is 1.49. The van der Waals surface area contributed by atoms with Gasteiger partial charge in [-0.3, -0.25) is 9.59 Å². The SMILES string of the molecule is CCCNC(=O)C(C)NC(=O)C(N)CC(C)C. The Bertz CT molecular complexity index is 254. The standard InChI is InChI=1S/C12H25N3O2/c1-5-6-14-11(16)9(4)15-12(17)10(13)7-8(2)3/h8-10H,5-7,13H2,1-4H3,(H,14,16)(H,15,17). The minimum atomic E-state index is -0.545. The number of nitrogens with two attached hydrogens (primary N) is 1. The van der Waals surface area contributed by atoms with Crippen LogP contribution in [-0.4, -0.2) is 30.4 Å². The molecule has 0 aromatic carbocycles. The van der Waals surface area contributed by atoms with Crippen molar-refractivity contribution >= 4 is 11.8 Å². The molecule has 4 N–H and O–H groups in total. The molecule has 0 aromatic heterocycles. The molecule has 100 valence electrons. The topological polar surface area (TPSA) is 84.2 Å². The van der Waals surface area contributed by atoms with E-state index in [0.29, 0.717) is 18.9 Å². The first-order valence-electron chi connectivity index (χ1n) is 6.22. The number of nitrogens with one attached hydrogen (secondary N) is 2.